The first-order chi connectivity index (χ1) is 9.11. The molecule has 1 N–H and O–H groups in total. The van der Waals surface area contributed by atoms with Gasteiger partial charge in [0, 0.05) is 44.5 Å². The van der Waals surface area contributed by atoms with Crippen LogP contribution in [0.1, 0.15) is 32.4 Å². The van der Waals surface area contributed by atoms with Gasteiger partial charge in [-0.1, -0.05) is 6.07 Å². The summed E-state index contributed by atoms with van der Waals surface area (Å²) in [6, 6.07) is 5.33. The van der Waals surface area contributed by atoms with Gasteiger partial charge in [0.2, 0.25) is 0 Å². The van der Waals surface area contributed by atoms with Gasteiger partial charge < -0.3 is 10.2 Å². The molecule has 0 saturated carbocycles. The highest BCUT2D eigenvalue weighted by atomic mass is 15.3. The lowest BCUT2D eigenvalue weighted by Gasteiger charge is -2.37. The molecule has 19 heavy (non-hydrogen) atoms. The van der Waals surface area contributed by atoms with E-state index < -0.39 is 0 Å². The zero-order chi connectivity index (χ0) is 13.8. The molecule has 1 unspecified atom stereocenters. The molecule has 4 heteroatoms. The summed E-state index contributed by atoms with van der Waals surface area (Å²) in [7, 11) is 1.98. The van der Waals surface area contributed by atoms with E-state index in [1.165, 1.54) is 5.56 Å². The van der Waals surface area contributed by atoms with Crippen molar-refractivity contribution in [3.05, 3.63) is 23.9 Å². The van der Waals surface area contributed by atoms with Crippen molar-refractivity contribution in [1.82, 2.24) is 15.2 Å². The van der Waals surface area contributed by atoms with Gasteiger partial charge in [0.05, 0.1) is 0 Å². The van der Waals surface area contributed by atoms with E-state index in [1.54, 1.807) is 0 Å². The van der Waals surface area contributed by atoms with E-state index in [-0.39, 0.29) is 0 Å². The zero-order valence-electron chi connectivity index (χ0n) is 12.6. The van der Waals surface area contributed by atoms with Crippen LogP contribution in [0.25, 0.3) is 0 Å². The Hall–Kier alpha value is -1.13. The first-order valence-electron chi connectivity index (χ1n) is 7.24. The molecule has 2 rings (SSSR count). The Kier molecular flexibility index (Phi) is 4.77. The second-order valence-electron chi connectivity index (χ2n) is 5.58. The Labute approximate surface area is 116 Å². The molecule has 0 bridgehead atoms. The number of rotatable bonds is 4. The highest BCUT2D eigenvalue weighted by Gasteiger charge is 2.19. The Bertz CT molecular complexity index is 380. The largest absolute Gasteiger partial charge is 0.354 e. The van der Waals surface area contributed by atoms with Crippen LogP contribution in [0, 0.1) is 0 Å². The average molecular weight is 262 g/mol. The number of nitrogens with one attached hydrogen (secondary N) is 1. The van der Waals surface area contributed by atoms with Crippen LogP contribution >= 0.6 is 0 Å². The number of aromatic nitrogens is 1. The quantitative estimate of drug-likeness (QED) is 0.898. The number of nitrogens with zero attached hydrogens (tertiary/aromatic N) is 3. The lowest BCUT2D eigenvalue weighted by molar-refractivity contribution is 0.209. The van der Waals surface area contributed by atoms with E-state index in [1.807, 2.05) is 13.2 Å². The fraction of sp³-hybridized carbons (Fsp3) is 0.667. The summed E-state index contributed by atoms with van der Waals surface area (Å²) in [6.07, 6.45) is 1.99. The SMILES string of the molecule is CNC(C)c1ccc(N2CCN(C(C)C)CC2)nc1. The fourth-order valence-corrected chi connectivity index (χ4v) is 2.47. The van der Waals surface area contributed by atoms with Crippen molar-refractivity contribution in [3.8, 4) is 0 Å². The normalized spacial score (nSPS) is 18.9. The first-order valence-corrected chi connectivity index (χ1v) is 7.24. The molecule has 1 aromatic rings. The smallest absolute Gasteiger partial charge is 0.128 e. The molecule has 1 saturated heterocycles. The van der Waals surface area contributed by atoms with Gasteiger partial charge >= 0.3 is 0 Å². The third kappa shape index (κ3) is 3.45. The standard InChI is InChI=1S/C15H26N4/c1-12(2)18-7-9-19(10-8-18)15-6-5-14(11-17-15)13(3)16-4/h5-6,11-13,16H,7-10H2,1-4H3. The summed E-state index contributed by atoms with van der Waals surface area (Å²) >= 11 is 0. The Morgan fingerprint density at radius 3 is 2.26 bits per heavy atom. The molecule has 0 radical (unpaired) electrons. The Morgan fingerprint density at radius 1 is 1.11 bits per heavy atom. The zero-order valence-corrected chi connectivity index (χ0v) is 12.6. The molecule has 4 nitrogen and oxygen atoms in total. The van der Waals surface area contributed by atoms with Crippen LogP contribution in [0.4, 0.5) is 5.82 Å². The van der Waals surface area contributed by atoms with E-state index in [9.17, 15) is 0 Å². The van der Waals surface area contributed by atoms with Crippen LogP contribution in [0.2, 0.25) is 0 Å². The highest BCUT2D eigenvalue weighted by Crippen LogP contribution is 2.17. The van der Waals surface area contributed by atoms with Gasteiger partial charge in [0.25, 0.3) is 0 Å². The van der Waals surface area contributed by atoms with Crippen LogP contribution in [-0.2, 0) is 0 Å². The van der Waals surface area contributed by atoms with Crippen molar-refractivity contribution in [3.63, 3.8) is 0 Å². The monoisotopic (exact) mass is 262 g/mol. The minimum Gasteiger partial charge on any atom is -0.354 e. The highest BCUT2D eigenvalue weighted by molar-refractivity contribution is 5.40. The third-order valence-corrected chi connectivity index (χ3v) is 4.07. The molecule has 0 amide bonds. The van der Waals surface area contributed by atoms with Crippen LogP contribution < -0.4 is 10.2 Å². The second kappa shape index (κ2) is 6.35. The van der Waals surface area contributed by atoms with Gasteiger partial charge in [0.15, 0.2) is 0 Å². The molecule has 0 aromatic carbocycles. The topological polar surface area (TPSA) is 31.4 Å². The number of anilines is 1. The maximum Gasteiger partial charge on any atom is 0.128 e. The van der Waals surface area contributed by atoms with Gasteiger partial charge in [-0.15, -0.1) is 0 Å². The number of piperazine rings is 1. The predicted octanol–water partition coefficient (Wildman–Crippen LogP) is 1.89. The number of hydrogen-bond acceptors (Lipinski definition) is 4. The molecule has 0 aliphatic carbocycles. The van der Waals surface area contributed by atoms with Gasteiger partial charge in [-0.05, 0) is 39.4 Å². The fourth-order valence-electron chi connectivity index (χ4n) is 2.47. The minimum absolute atomic E-state index is 0.360. The lowest BCUT2D eigenvalue weighted by Crippen LogP contribution is -2.49. The predicted molar refractivity (Wildman–Crippen MR) is 80.6 cm³/mol. The lowest BCUT2D eigenvalue weighted by atomic mass is 10.1. The average Bonchev–Trinajstić information content (AvgIpc) is 2.46. The summed E-state index contributed by atoms with van der Waals surface area (Å²) in [4.78, 5) is 9.51. The summed E-state index contributed by atoms with van der Waals surface area (Å²) in [5.41, 5.74) is 1.24. The van der Waals surface area contributed by atoms with Crippen LogP contribution in [0.15, 0.2) is 18.3 Å². The van der Waals surface area contributed by atoms with Crippen LogP contribution in [-0.4, -0.2) is 49.2 Å². The van der Waals surface area contributed by atoms with E-state index in [0.717, 1.165) is 32.0 Å². The molecule has 1 aliphatic heterocycles. The van der Waals surface area contributed by atoms with Crippen molar-refractivity contribution in [1.29, 1.82) is 0 Å². The van der Waals surface area contributed by atoms with Crippen molar-refractivity contribution in [2.24, 2.45) is 0 Å². The second-order valence-corrected chi connectivity index (χ2v) is 5.58. The number of hydrogen-bond donors (Lipinski definition) is 1. The summed E-state index contributed by atoms with van der Waals surface area (Å²) in [5, 5.41) is 3.24. The Balaban J connectivity index is 1.96. The molecule has 1 atom stereocenters. The Morgan fingerprint density at radius 2 is 1.79 bits per heavy atom. The van der Waals surface area contributed by atoms with Crippen LogP contribution in [0.5, 0.6) is 0 Å². The molecule has 2 heterocycles. The maximum atomic E-state index is 4.61. The van der Waals surface area contributed by atoms with Gasteiger partial charge in [0.1, 0.15) is 5.82 Å². The van der Waals surface area contributed by atoms with Crippen molar-refractivity contribution >= 4 is 5.82 Å². The van der Waals surface area contributed by atoms with E-state index in [0.29, 0.717) is 12.1 Å². The molecule has 0 spiro atoms. The van der Waals surface area contributed by atoms with Gasteiger partial charge in [-0.25, -0.2) is 4.98 Å². The maximum absolute atomic E-state index is 4.61. The van der Waals surface area contributed by atoms with Crippen molar-refractivity contribution in [2.75, 3.05) is 38.1 Å². The molecule has 106 valence electrons. The van der Waals surface area contributed by atoms with E-state index in [2.05, 4.69) is 53.0 Å². The summed E-state index contributed by atoms with van der Waals surface area (Å²) in [6.45, 7) is 11.1. The molecule has 1 fully saturated rings. The number of pyridine rings is 1. The van der Waals surface area contributed by atoms with E-state index in [4.69, 9.17) is 0 Å². The molecular formula is C15H26N4. The summed E-state index contributed by atoms with van der Waals surface area (Å²) in [5.74, 6) is 1.11. The molecule has 1 aliphatic rings. The summed E-state index contributed by atoms with van der Waals surface area (Å²) < 4.78 is 0. The van der Waals surface area contributed by atoms with Crippen molar-refractivity contribution in [2.45, 2.75) is 32.9 Å². The first kappa shape index (κ1) is 14.3. The van der Waals surface area contributed by atoms with E-state index >= 15 is 0 Å². The van der Waals surface area contributed by atoms with Gasteiger partial charge in [-0.2, -0.15) is 0 Å². The molecular weight excluding hydrogens is 236 g/mol. The minimum atomic E-state index is 0.360. The molecule has 1 aromatic heterocycles. The van der Waals surface area contributed by atoms with Crippen LogP contribution in [0.3, 0.4) is 0 Å². The third-order valence-electron chi connectivity index (χ3n) is 4.07. The van der Waals surface area contributed by atoms with Crippen molar-refractivity contribution < 1.29 is 0 Å². The van der Waals surface area contributed by atoms with Gasteiger partial charge in [-0.3, -0.25) is 4.90 Å².